The van der Waals surface area contributed by atoms with Crippen molar-refractivity contribution in [3.63, 3.8) is 0 Å². The summed E-state index contributed by atoms with van der Waals surface area (Å²) in [5.41, 5.74) is 3.04. The van der Waals surface area contributed by atoms with Gasteiger partial charge in [0.2, 0.25) is 5.91 Å². The lowest BCUT2D eigenvalue weighted by Gasteiger charge is -2.03. The molecule has 3 nitrogen and oxygen atoms in total. The number of anilines is 1. The second-order valence-corrected chi connectivity index (χ2v) is 8.10. The van der Waals surface area contributed by atoms with E-state index < -0.39 is 0 Å². The quantitative estimate of drug-likeness (QED) is 0.582. The Kier molecular flexibility index (Phi) is 5.43. The van der Waals surface area contributed by atoms with E-state index in [1.807, 2.05) is 19.1 Å². The van der Waals surface area contributed by atoms with Crippen molar-refractivity contribution in [2.75, 3.05) is 11.1 Å². The first-order valence-electron chi connectivity index (χ1n) is 7.58. The molecule has 2 aromatic carbocycles. The zero-order chi connectivity index (χ0) is 17.1. The van der Waals surface area contributed by atoms with Crippen LogP contribution in [0.4, 0.5) is 5.13 Å². The Balaban J connectivity index is 1.57. The number of carbonyl (C=O) groups is 1. The average molecular weight is 377 g/mol. The lowest BCUT2D eigenvalue weighted by molar-refractivity contribution is -0.115. The predicted octanol–water partition coefficient (Wildman–Crippen LogP) is 5.69. The van der Waals surface area contributed by atoms with Gasteiger partial charge in [0.25, 0.3) is 0 Å². The molecule has 0 saturated heterocycles. The molecule has 3 rings (SSSR count). The van der Waals surface area contributed by atoms with E-state index in [2.05, 4.69) is 41.5 Å². The summed E-state index contributed by atoms with van der Waals surface area (Å²) in [6.45, 7) is 4.00. The number of hydrogen-bond donors (Lipinski definition) is 1. The fourth-order valence-electron chi connectivity index (χ4n) is 2.23. The molecule has 124 valence electrons. The van der Waals surface area contributed by atoms with Crippen LogP contribution in [-0.2, 0) is 4.79 Å². The van der Waals surface area contributed by atoms with Gasteiger partial charge in [0.15, 0.2) is 5.13 Å². The van der Waals surface area contributed by atoms with Gasteiger partial charge in [-0.3, -0.25) is 4.79 Å². The molecule has 0 radical (unpaired) electrons. The van der Waals surface area contributed by atoms with Gasteiger partial charge in [-0.1, -0.05) is 40.6 Å². The van der Waals surface area contributed by atoms with Gasteiger partial charge in [0.05, 0.1) is 10.2 Å². The molecule has 1 N–H and O–H groups in total. The van der Waals surface area contributed by atoms with Crippen molar-refractivity contribution in [2.24, 2.45) is 0 Å². The highest BCUT2D eigenvalue weighted by molar-refractivity contribution is 7.99. The van der Waals surface area contributed by atoms with Gasteiger partial charge in [-0.25, -0.2) is 4.98 Å². The second kappa shape index (κ2) is 7.55. The zero-order valence-electron chi connectivity index (χ0n) is 13.4. The number of aromatic nitrogens is 1. The van der Waals surface area contributed by atoms with E-state index in [9.17, 15) is 4.79 Å². The first-order chi connectivity index (χ1) is 11.5. The van der Waals surface area contributed by atoms with Crippen LogP contribution in [0.5, 0.6) is 0 Å². The summed E-state index contributed by atoms with van der Waals surface area (Å²) in [5.74, 6) is 0.724. The van der Waals surface area contributed by atoms with E-state index in [4.69, 9.17) is 11.6 Å². The second-order valence-electron chi connectivity index (χ2n) is 5.50. The minimum Gasteiger partial charge on any atom is -0.302 e. The maximum absolute atomic E-state index is 12.1. The number of carbonyl (C=O) groups excluding carboxylic acids is 1. The van der Waals surface area contributed by atoms with Gasteiger partial charge in [0.1, 0.15) is 0 Å². The number of hydrogen-bond acceptors (Lipinski definition) is 4. The monoisotopic (exact) mass is 376 g/mol. The summed E-state index contributed by atoms with van der Waals surface area (Å²) in [4.78, 5) is 17.8. The Hall–Kier alpha value is -1.56. The maximum atomic E-state index is 12.1. The highest BCUT2D eigenvalue weighted by atomic mass is 35.5. The van der Waals surface area contributed by atoms with Crippen LogP contribution >= 0.6 is 34.7 Å². The number of nitrogens with one attached hydrogen (secondary N) is 1. The number of fused-ring (bicyclic) bond motifs is 1. The number of aryl methyl sites for hydroxylation is 2. The molecule has 0 unspecified atom stereocenters. The number of thiazole rings is 1. The van der Waals surface area contributed by atoms with Gasteiger partial charge in [-0.2, -0.15) is 0 Å². The Labute approximate surface area is 154 Å². The molecule has 1 amide bonds. The minimum absolute atomic E-state index is 0.0163. The number of halogens is 1. The number of thioether (sulfide) groups is 1. The summed E-state index contributed by atoms with van der Waals surface area (Å²) in [6.07, 6.45) is 0.453. The highest BCUT2D eigenvalue weighted by Crippen LogP contribution is 2.31. The van der Waals surface area contributed by atoms with Crippen LogP contribution in [0.25, 0.3) is 10.2 Å². The molecular formula is C18H17ClN2OS2. The molecule has 0 atom stereocenters. The molecule has 24 heavy (non-hydrogen) atoms. The van der Waals surface area contributed by atoms with E-state index in [0.29, 0.717) is 16.6 Å². The third kappa shape index (κ3) is 4.09. The normalized spacial score (nSPS) is 11.0. The summed E-state index contributed by atoms with van der Waals surface area (Å²) in [7, 11) is 0. The fourth-order valence-corrected chi connectivity index (χ4v) is 4.18. The molecule has 1 heterocycles. The molecule has 0 saturated carbocycles. The molecule has 3 aromatic rings. The van der Waals surface area contributed by atoms with Crippen LogP contribution in [-0.4, -0.2) is 16.6 Å². The van der Waals surface area contributed by atoms with Crippen molar-refractivity contribution in [1.82, 2.24) is 4.98 Å². The van der Waals surface area contributed by atoms with Crippen LogP contribution in [0.3, 0.4) is 0 Å². The Morgan fingerprint density at radius 1 is 1.21 bits per heavy atom. The van der Waals surface area contributed by atoms with E-state index in [1.54, 1.807) is 11.8 Å². The minimum atomic E-state index is -0.0163. The first kappa shape index (κ1) is 17.3. The molecular weight excluding hydrogens is 360 g/mol. The molecule has 0 aliphatic heterocycles. The summed E-state index contributed by atoms with van der Waals surface area (Å²) >= 11 is 9.27. The summed E-state index contributed by atoms with van der Waals surface area (Å²) < 4.78 is 1.03. The smallest absolute Gasteiger partial charge is 0.226 e. The first-order valence-corrected chi connectivity index (χ1v) is 9.76. The van der Waals surface area contributed by atoms with Crippen LogP contribution < -0.4 is 5.32 Å². The highest BCUT2D eigenvalue weighted by Gasteiger charge is 2.11. The van der Waals surface area contributed by atoms with Gasteiger partial charge in [-0.15, -0.1) is 11.8 Å². The molecule has 6 heteroatoms. The molecule has 0 fully saturated rings. The van der Waals surface area contributed by atoms with Crippen LogP contribution in [0, 0.1) is 13.8 Å². The molecule has 0 aliphatic carbocycles. The van der Waals surface area contributed by atoms with Gasteiger partial charge in [-0.05, 0) is 43.7 Å². The molecule has 0 aliphatic rings. The predicted molar refractivity (Wildman–Crippen MR) is 105 cm³/mol. The fraction of sp³-hybridized carbons (Fsp3) is 0.222. The van der Waals surface area contributed by atoms with Crippen LogP contribution in [0.2, 0.25) is 5.02 Å². The van der Waals surface area contributed by atoms with E-state index in [0.717, 1.165) is 21.5 Å². The van der Waals surface area contributed by atoms with Crippen molar-refractivity contribution in [3.8, 4) is 0 Å². The number of nitrogens with zero attached hydrogens (tertiary/aromatic N) is 1. The zero-order valence-corrected chi connectivity index (χ0v) is 15.8. The van der Waals surface area contributed by atoms with Crippen molar-refractivity contribution in [3.05, 3.63) is 52.5 Å². The Bertz CT molecular complexity index is 875. The van der Waals surface area contributed by atoms with Crippen molar-refractivity contribution in [2.45, 2.75) is 25.2 Å². The summed E-state index contributed by atoms with van der Waals surface area (Å²) in [5, 5.41) is 4.21. The third-order valence-electron chi connectivity index (χ3n) is 3.61. The average Bonchev–Trinajstić information content (AvgIpc) is 2.96. The van der Waals surface area contributed by atoms with Crippen LogP contribution in [0.1, 0.15) is 17.5 Å². The standard InChI is InChI=1S/C18H17ClN2OS2/c1-11-3-5-13(6-4-11)23-10-9-16(22)20-18-21-17-12(2)14(19)7-8-15(17)24-18/h3-8H,9-10H2,1-2H3,(H,20,21,22). The van der Waals surface area contributed by atoms with Crippen molar-refractivity contribution >= 4 is 56.0 Å². The van der Waals surface area contributed by atoms with E-state index in [-0.39, 0.29) is 5.91 Å². The van der Waals surface area contributed by atoms with Crippen molar-refractivity contribution < 1.29 is 4.79 Å². The van der Waals surface area contributed by atoms with Gasteiger partial charge < -0.3 is 5.32 Å². The molecule has 0 bridgehead atoms. The molecule has 0 spiro atoms. The molecule has 1 aromatic heterocycles. The summed E-state index contributed by atoms with van der Waals surface area (Å²) in [6, 6.07) is 12.1. The van der Waals surface area contributed by atoms with Crippen molar-refractivity contribution in [1.29, 1.82) is 0 Å². The number of rotatable bonds is 5. The van der Waals surface area contributed by atoms with E-state index >= 15 is 0 Å². The Morgan fingerprint density at radius 3 is 2.71 bits per heavy atom. The van der Waals surface area contributed by atoms with Gasteiger partial charge >= 0.3 is 0 Å². The lowest BCUT2D eigenvalue weighted by Crippen LogP contribution is -2.11. The number of amides is 1. The van der Waals surface area contributed by atoms with Crippen LogP contribution in [0.15, 0.2) is 41.3 Å². The SMILES string of the molecule is Cc1ccc(SCCC(=O)Nc2nc3c(C)c(Cl)ccc3s2)cc1. The van der Waals surface area contributed by atoms with Gasteiger partial charge in [0, 0.05) is 22.1 Å². The Morgan fingerprint density at radius 2 is 1.96 bits per heavy atom. The third-order valence-corrected chi connectivity index (χ3v) is 5.97. The maximum Gasteiger partial charge on any atom is 0.226 e. The topological polar surface area (TPSA) is 42.0 Å². The lowest BCUT2D eigenvalue weighted by atomic mass is 10.2. The largest absolute Gasteiger partial charge is 0.302 e. The number of benzene rings is 2. The van der Waals surface area contributed by atoms with E-state index in [1.165, 1.54) is 21.8 Å².